The average Bonchev–Trinajstić information content (AvgIpc) is 2.15. The molecule has 0 amide bonds. The van der Waals surface area contributed by atoms with Gasteiger partial charge in [-0.2, -0.15) is 17.1 Å². The highest BCUT2D eigenvalue weighted by molar-refractivity contribution is 8.21. The normalized spacial score (nSPS) is 11.8. The minimum absolute atomic E-state index is 0.0974. The summed E-state index contributed by atoms with van der Waals surface area (Å²) >= 11 is -0.590. The van der Waals surface area contributed by atoms with Crippen LogP contribution < -0.4 is 0 Å². The second-order valence-electron chi connectivity index (χ2n) is 2.29. The molecule has 84 valence electrons. The summed E-state index contributed by atoms with van der Waals surface area (Å²) in [5.74, 6) is 0. The van der Waals surface area contributed by atoms with Crippen molar-refractivity contribution in [3.8, 4) is 0 Å². The Bertz CT molecular complexity index is 341. The minimum Gasteiger partial charge on any atom is -0.160 e. The average molecular weight is 295 g/mol. The smallest absolute Gasteiger partial charge is 0.160 e. The van der Waals surface area contributed by atoms with Gasteiger partial charge in [0.05, 0.1) is 17.0 Å². The van der Waals surface area contributed by atoms with Crippen LogP contribution in [0.2, 0.25) is 0 Å². The standard InChI is InChI=1S/C7H3ClF4S3/c8-14-5-3-1-2-4(6(5)15-12)13-7(9,10)11/h1-3H. The first-order valence-corrected chi connectivity index (χ1v) is 6.61. The van der Waals surface area contributed by atoms with E-state index in [9.17, 15) is 17.1 Å². The Morgan fingerprint density at radius 2 is 1.73 bits per heavy atom. The fourth-order valence-electron chi connectivity index (χ4n) is 0.838. The lowest BCUT2D eigenvalue weighted by atomic mass is 10.4. The van der Waals surface area contributed by atoms with Gasteiger partial charge in [-0.05, 0) is 45.6 Å². The predicted molar refractivity (Wildman–Crippen MR) is 57.0 cm³/mol. The van der Waals surface area contributed by atoms with Gasteiger partial charge in [0.1, 0.15) is 0 Å². The van der Waals surface area contributed by atoms with Crippen LogP contribution in [0.4, 0.5) is 17.1 Å². The van der Waals surface area contributed by atoms with Gasteiger partial charge in [-0.25, -0.2) is 0 Å². The van der Waals surface area contributed by atoms with E-state index in [0.29, 0.717) is 11.0 Å². The van der Waals surface area contributed by atoms with Gasteiger partial charge in [0, 0.05) is 9.79 Å². The van der Waals surface area contributed by atoms with Crippen molar-refractivity contribution in [2.45, 2.75) is 20.2 Å². The Morgan fingerprint density at radius 1 is 1.13 bits per heavy atom. The zero-order chi connectivity index (χ0) is 11.5. The maximum atomic E-state index is 12.5. The van der Waals surface area contributed by atoms with Gasteiger partial charge in [0.25, 0.3) is 0 Å². The number of rotatable bonds is 3. The molecule has 0 heterocycles. The lowest BCUT2D eigenvalue weighted by Gasteiger charge is -2.09. The molecule has 0 saturated heterocycles. The molecule has 0 aliphatic rings. The quantitative estimate of drug-likeness (QED) is 0.532. The van der Waals surface area contributed by atoms with Crippen molar-refractivity contribution >= 4 is 45.6 Å². The second kappa shape index (κ2) is 5.56. The van der Waals surface area contributed by atoms with Crippen molar-refractivity contribution in [1.82, 2.24) is 0 Å². The molecule has 0 bridgehead atoms. The van der Waals surface area contributed by atoms with Crippen molar-refractivity contribution in [2.75, 3.05) is 0 Å². The summed E-state index contributed by atoms with van der Waals surface area (Å²) in [5.41, 5.74) is -4.43. The zero-order valence-corrected chi connectivity index (χ0v) is 10.1. The molecule has 8 heteroatoms. The first-order chi connectivity index (χ1) is 6.98. The highest BCUT2D eigenvalue weighted by atomic mass is 35.7. The van der Waals surface area contributed by atoms with Crippen LogP contribution in [0, 0.1) is 0 Å². The Morgan fingerprint density at radius 3 is 2.20 bits per heavy atom. The summed E-state index contributed by atoms with van der Waals surface area (Å²) in [5, 5.41) is 0. The molecule has 0 nitrogen and oxygen atoms in total. The maximum absolute atomic E-state index is 12.5. The fraction of sp³-hybridized carbons (Fsp3) is 0.143. The van der Waals surface area contributed by atoms with Crippen LogP contribution in [-0.4, -0.2) is 5.51 Å². The topological polar surface area (TPSA) is 0 Å². The van der Waals surface area contributed by atoms with Crippen LogP contribution in [0.3, 0.4) is 0 Å². The van der Waals surface area contributed by atoms with E-state index in [4.69, 9.17) is 10.7 Å². The largest absolute Gasteiger partial charge is 0.446 e. The van der Waals surface area contributed by atoms with Gasteiger partial charge < -0.3 is 0 Å². The van der Waals surface area contributed by atoms with Gasteiger partial charge in [-0.3, -0.25) is 0 Å². The third-order valence-corrected chi connectivity index (χ3v) is 3.98. The third-order valence-electron chi connectivity index (χ3n) is 1.33. The van der Waals surface area contributed by atoms with E-state index in [1.165, 1.54) is 18.2 Å². The molecule has 0 aromatic heterocycles. The summed E-state index contributed by atoms with van der Waals surface area (Å²) < 4.78 is 48.7. The lowest BCUT2D eigenvalue weighted by molar-refractivity contribution is -0.0329. The summed E-state index contributed by atoms with van der Waals surface area (Å²) in [6, 6.07) is 4.06. The number of benzene rings is 1. The monoisotopic (exact) mass is 294 g/mol. The van der Waals surface area contributed by atoms with Gasteiger partial charge >= 0.3 is 5.51 Å². The summed E-state index contributed by atoms with van der Waals surface area (Å²) in [6.45, 7) is 0. The van der Waals surface area contributed by atoms with Crippen molar-refractivity contribution in [2.24, 2.45) is 0 Å². The number of halogens is 5. The molecule has 0 atom stereocenters. The Kier molecular flexibility index (Phi) is 4.95. The van der Waals surface area contributed by atoms with Crippen LogP contribution in [0.5, 0.6) is 0 Å². The van der Waals surface area contributed by atoms with Gasteiger partial charge in [0.15, 0.2) is 0 Å². The number of hydrogen-bond donors (Lipinski definition) is 0. The molecule has 0 aliphatic heterocycles. The molecule has 0 radical (unpaired) electrons. The van der Waals surface area contributed by atoms with E-state index in [1.807, 2.05) is 0 Å². The van der Waals surface area contributed by atoms with Crippen molar-refractivity contribution in [1.29, 1.82) is 0 Å². The molecule has 1 rings (SSSR count). The van der Waals surface area contributed by atoms with Crippen LogP contribution in [0.15, 0.2) is 32.9 Å². The van der Waals surface area contributed by atoms with E-state index in [1.54, 1.807) is 0 Å². The summed E-state index contributed by atoms with van der Waals surface area (Å²) in [4.78, 5) is -0.00103. The molecule has 0 unspecified atom stereocenters. The Labute approximate surface area is 101 Å². The molecule has 0 aliphatic carbocycles. The molecule has 0 saturated carbocycles. The third kappa shape index (κ3) is 3.97. The SMILES string of the molecule is FSc1c(SCl)cccc1SC(F)(F)F. The maximum Gasteiger partial charge on any atom is 0.446 e. The highest BCUT2D eigenvalue weighted by Gasteiger charge is 2.31. The predicted octanol–water partition coefficient (Wildman–Crippen LogP) is 5.52. The molecule has 1 aromatic carbocycles. The van der Waals surface area contributed by atoms with Crippen molar-refractivity contribution in [3.05, 3.63) is 18.2 Å². The van der Waals surface area contributed by atoms with E-state index in [0.717, 1.165) is 0 Å². The molecule has 15 heavy (non-hydrogen) atoms. The fourth-order valence-corrected chi connectivity index (χ4v) is 3.06. The zero-order valence-electron chi connectivity index (χ0n) is 6.85. The molecule has 0 fully saturated rings. The van der Waals surface area contributed by atoms with Crippen molar-refractivity contribution < 1.29 is 17.1 Å². The number of thioether (sulfide) groups is 1. The lowest BCUT2D eigenvalue weighted by Crippen LogP contribution is -1.99. The van der Waals surface area contributed by atoms with Gasteiger partial charge in [-0.15, -0.1) is 0 Å². The van der Waals surface area contributed by atoms with Gasteiger partial charge in [-0.1, -0.05) is 6.07 Å². The number of hydrogen-bond acceptors (Lipinski definition) is 3. The molecular formula is C7H3ClF4S3. The van der Waals surface area contributed by atoms with E-state index in [-0.39, 0.29) is 38.6 Å². The Hall–Kier alpha value is 0.280. The van der Waals surface area contributed by atoms with E-state index >= 15 is 0 Å². The first kappa shape index (κ1) is 13.3. The van der Waals surface area contributed by atoms with E-state index < -0.39 is 5.51 Å². The molecule has 0 N–H and O–H groups in total. The minimum atomic E-state index is -4.43. The summed E-state index contributed by atoms with van der Waals surface area (Å²) in [7, 11) is 6.09. The highest BCUT2D eigenvalue weighted by Crippen LogP contribution is 2.45. The van der Waals surface area contributed by atoms with Crippen LogP contribution >= 0.6 is 45.6 Å². The number of alkyl halides is 3. The molecule has 0 spiro atoms. The van der Waals surface area contributed by atoms with Crippen LogP contribution in [0.1, 0.15) is 0 Å². The Balaban J connectivity index is 3.06. The molecular weight excluding hydrogens is 292 g/mol. The molecule has 1 aromatic rings. The van der Waals surface area contributed by atoms with Gasteiger partial charge in [0.2, 0.25) is 0 Å². The van der Waals surface area contributed by atoms with Crippen molar-refractivity contribution in [3.63, 3.8) is 0 Å². The van der Waals surface area contributed by atoms with Crippen LogP contribution in [-0.2, 0) is 0 Å². The second-order valence-corrected chi connectivity index (χ2v) is 5.01. The van der Waals surface area contributed by atoms with E-state index in [2.05, 4.69) is 0 Å². The first-order valence-electron chi connectivity index (χ1n) is 3.44. The summed E-state index contributed by atoms with van der Waals surface area (Å²) in [6.07, 6.45) is 0. The van der Waals surface area contributed by atoms with Crippen LogP contribution in [0.25, 0.3) is 0 Å².